The van der Waals surface area contributed by atoms with Crippen LogP contribution in [0.5, 0.6) is 0 Å². The van der Waals surface area contributed by atoms with Crippen molar-refractivity contribution in [1.82, 2.24) is 15.3 Å². The summed E-state index contributed by atoms with van der Waals surface area (Å²) in [6.07, 6.45) is 5.08. The molecule has 1 saturated carbocycles. The summed E-state index contributed by atoms with van der Waals surface area (Å²) < 4.78 is 5.33. The molecule has 0 aromatic rings. The van der Waals surface area contributed by atoms with Crippen LogP contribution in [0.2, 0.25) is 0 Å². The number of ether oxygens (including phenoxy) is 1. The molecule has 0 radical (unpaired) electrons. The Labute approximate surface area is 133 Å². The first-order valence-electron chi connectivity index (χ1n) is 8.25. The van der Waals surface area contributed by atoms with Gasteiger partial charge in [0.2, 0.25) is 5.91 Å². The van der Waals surface area contributed by atoms with E-state index in [0.717, 1.165) is 6.54 Å². The van der Waals surface area contributed by atoms with Crippen LogP contribution in [0.15, 0.2) is 0 Å². The molecule has 22 heavy (non-hydrogen) atoms. The zero-order chi connectivity index (χ0) is 16.3. The highest BCUT2D eigenvalue weighted by atomic mass is 16.6. The van der Waals surface area contributed by atoms with Crippen LogP contribution >= 0.6 is 0 Å². The predicted octanol–water partition coefficient (Wildman–Crippen LogP) is 2.15. The van der Waals surface area contributed by atoms with Crippen molar-refractivity contribution in [3.05, 3.63) is 0 Å². The highest BCUT2D eigenvalue weighted by Crippen LogP contribution is 2.26. The first-order chi connectivity index (χ1) is 10.2. The van der Waals surface area contributed by atoms with Crippen molar-refractivity contribution in [3.8, 4) is 0 Å². The molecule has 2 amide bonds. The van der Waals surface area contributed by atoms with Crippen LogP contribution < -0.4 is 5.43 Å². The molecule has 1 unspecified atom stereocenters. The molecule has 1 heterocycles. The molecule has 1 aliphatic heterocycles. The molecule has 126 valence electrons. The van der Waals surface area contributed by atoms with Gasteiger partial charge in [0.15, 0.2) is 0 Å². The van der Waals surface area contributed by atoms with Gasteiger partial charge in [-0.15, -0.1) is 0 Å². The third kappa shape index (κ3) is 4.87. The summed E-state index contributed by atoms with van der Waals surface area (Å²) in [6.45, 7) is 6.81. The summed E-state index contributed by atoms with van der Waals surface area (Å²) >= 11 is 0. The molecule has 2 rings (SSSR count). The fraction of sp³-hybridized carbons (Fsp3) is 0.875. The molecule has 6 nitrogen and oxygen atoms in total. The van der Waals surface area contributed by atoms with Crippen molar-refractivity contribution in [1.29, 1.82) is 0 Å². The standard InChI is InChI=1S/C16H29N3O3/c1-16(2,3)22-15(21)18(4)11-13-9-14(20)19(17-13)10-12-7-5-6-8-12/h12-13,17H,5-11H2,1-4H3. The van der Waals surface area contributed by atoms with E-state index in [1.54, 1.807) is 12.1 Å². The maximum Gasteiger partial charge on any atom is 0.410 e. The van der Waals surface area contributed by atoms with E-state index in [9.17, 15) is 9.59 Å². The molecular formula is C16H29N3O3. The van der Waals surface area contributed by atoms with E-state index in [2.05, 4.69) is 5.43 Å². The Balaban J connectivity index is 1.79. The number of hydrogen-bond acceptors (Lipinski definition) is 4. The number of amides is 2. The average molecular weight is 311 g/mol. The summed E-state index contributed by atoms with van der Waals surface area (Å²) in [4.78, 5) is 25.6. The Morgan fingerprint density at radius 1 is 1.36 bits per heavy atom. The first-order valence-corrected chi connectivity index (χ1v) is 8.25. The quantitative estimate of drug-likeness (QED) is 0.864. The zero-order valence-corrected chi connectivity index (χ0v) is 14.2. The van der Waals surface area contributed by atoms with Crippen LogP contribution in [-0.2, 0) is 9.53 Å². The maximum atomic E-state index is 12.1. The Bertz CT molecular complexity index is 413. The van der Waals surface area contributed by atoms with E-state index in [-0.39, 0.29) is 18.0 Å². The Kier molecular flexibility index (Phi) is 5.32. The van der Waals surface area contributed by atoms with Gasteiger partial charge in [-0.05, 0) is 39.5 Å². The van der Waals surface area contributed by atoms with Gasteiger partial charge in [-0.2, -0.15) is 0 Å². The van der Waals surface area contributed by atoms with Gasteiger partial charge in [-0.3, -0.25) is 9.80 Å². The monoisotopic (exact) mass is 311 g/mol. The lowest BCUT2D eigenvalue weighted by Crippen LogP contribution is -2.45. The highest BCUT2D eigenvalue weighted by molar-refractivity contribution is 5.78. The zero-order valence-electron chi connectivity index (χ0n) is 14.2. The molecule has 1 aliphatic carbocycles. The lowest BCUT2D eigenvalue weighted by Gasteiger charge is -2.27. The SMILES string of the molecule is CN(CC1CC(=O)N(CC2CCCC2)N1)C(=O)OC(C)(C)C. The molecule has 0 bridgehead atoms. The smallest absolute Gasteiger partial charge is 0.410 e. The van der Waals surface area contributed by atoms with Crippen LogP contribution in [0, 0.1) is 5.92 Å². The van der Waals surface area contributed by atoms with Gasteiger partial charge in [0.25, 0.3) is 0 Å². The summed E-state index contributed by atoms with van der Waals surface area (Å²) in [5, 5.41) is 1.75. The van der Waals surface area contributed by atoms with Crippen molar-refractivity contribution in [3.63, 3.8) is 0 Å². The average Bonchev–Trinajstić information content (AvgIpc) is 2.99. The summed E-state index contributed by atoms with van der Waals surface area (Å²) in [5.41, 5.74) is 2.75. The Morgan fingerprint density at radius 2 is 2.00 bits per heavy atom. The topological polar surface area (TPSA) is 61.9 Å². The second kappa shape index (κ2) is 6.86. The summed E-state index contributed by atoms with van der Waals surface area (Å²) in [7, 11) is 1.71. The predicted molar refractivity (Wildman–Crippen MR) is 84.1 cm³/mol. The molecule has 0 spiro atoms. The van der Waals surface area contributed by atoms with Gasteiger partial charge in [0.05, 0.1) is 6.04 Å². The number of nitrogens with one attached hydrogen (secondary N) is 1. The second-order valence-electron chi connectivity index (χ2n) is 7.55. The van der Waals surface area contributed by atoms with Gasteiger partial charge in [-0.1, -0.05) is 12.8 Å². The Morgan fingerprint density at radius 3 is 2.59 bits per heavy atom. The molecule has 0 aromatic heterocycles. The fourth-order valence-corrected chi connectivity index (χ4v) is 3.12. The van der Waals surface area contributed by atoms with Gasteiger partial charge in [0, 0.05) is 26.6 Å². The van der Waals surface area contributed by atoms with Crippen LogP contribution in [0.1, 0.15) is 52.9 Å². The third-order valence-electron chi connectivity index (χ3n) is 4.18. The number of likely N-dealkylation sites (N-methyl/N-ethyl adjacent to an activating group) is 1. The largest absolute Gasteiger partial charge is 0.444 e. The minimum Gasteiger partial charge on any atom is -0.444 e. The molecule has 1 N–H and O–H groups in total. The number of rotatable bonds is 4. The van der Waals surface area contributed by atoms with E-state index in [1.807, 2.05) is 20.8 Å². The van der Waals surface area contributed by atoms with Crippen LogP contribution in [0.25, 0.3) is 0 Å². The van der Waals surface area contributed by atoms with E-state index < -0.39 is 5.60 Å². The van der Waals surface area contributed by atoms with Gasteiger partial charge >= 0.3 is 6.09 Å². The van der Waals surface area contributed by atoms with Crippen molar-refractivity contribution in [2.75, 3.05) is 20.1 Å². The van der Waals surface area contributed by atoms with Crippen LogP contribution in [0.4, 0.5) is 4.79 Å². The highest BCUT2D eigenvalue weighted by Gasteiger charge is 2.33. The fourth-order valence-electron chi connectivity index (χ4n) is 3.12. The van der Waals surface area contributed by atoms with Crippen molar-refractivity contribution in [2.45, 2.75) is 64.5 Å². The van der Waals surface area contributed by atoms with Crippen LogP contribution in [-0.4, -0.2) is 53.7 Å². The maximum absolute atomic E-state index is 12.1. The first kappa shape index (κ1) is 17.1. The lowest BCUT2D eigenvalue weighted by atomic mass is 10.1. The summed E-state index contributed by atoms with van der Waals surface area (Å²) in [6, 6.07) is -0.0218. The van der Waals surface area contributed by atoms with Gasteiger partial charge in [0.1, 0.15) is 5.60 Å². The summed E-state index contributed by atoms with van der Waals surface area (Å²) in [5.74, 6) is 0.758. The van der Waals surface area contributed by atoms with Crippen molar-refractivity contribution < 1.29 is 14.3 Å². The lowest BCUT2D eigenvalue weighted by molar-refractivity contribution is -0.130. The molecule has 0 aromatic carbocycles. The van der Waals surface area contributed by atoms with E-state index in [4.69, 9.17) is 4.74 Å². The van der Waals surface area contributed by atoms with Crippen LogP contribution in [0.3, 0.4) is 0 Å². The van der Waals surface area contributed by atoms with E-state index in [0.29, 0.717) is 18.9 Å². The Hall–Kier alpha value is -1.30. The number of nitrogens with zero attached hydrogens (tertiary/aromatic N) is 2. The minimum absolute atomic E-state index is 0.0218. The molecule has 1 atom stereocenters. The molecule has 2 fully saturated rings. The molecule has 1 saturated heterocycles. The van der Waals surface area contributed by atoms with E-state index in [1.165, 1.54) is 30.6 Å². The molecule has 6 heteroatoms. The molecule has 2 aliphatic rings. The van der Waals surface area contributed by atoms with E-state index >= 15 is 0 Å². The number of hydrogen-bond donors (Lipinski definition) is 1. The normalized spacial score (nSPS) is 23.2. The molecular weight excluding hydrogens is 282 g/mol. The number of carbonyl (C=O) groups excluding carboxylic acids is 2. The van der Waals surface area contributed by atoms with Crippen molar-refractivity contribution in [2.24, 2.45) is 5.92 Å². The second-order valence-corrected chi connectivity index (χ2v) is 7.55. The van der Waals surface area contributed by atoms with Gasteiger partial charge in [-0.25, -0.2) is 10.2 Å². The van der Waals surface area contributed by atoms with Crippen molar-refractivity contribution >= 4 is 12.0 Å². The third-order valence-corrected chi connectivity index (χ3v) is 4.18. The number of hydrazine groups is 1. The number of carbonyl (C=O) groups is 2. The van der Waals surface area contributed by atoms with Gasteiger partial charge < -0.3 is 9.64 Å². The minimum atomic E-state index is -0.501.